The van der Waals surface area contributed by atoms with Gasteiger partial charge in [-0.2, -0.15) is 0 Å². The number of fused-ring (bicyclic) bond motifs is 1. The molecule has 5 fully saturated rings. The highest BCUT2D eigenvalue weighted by Crippen LogP contribution is 2.43. The van der Waals surface area contributed by atoms with Crippen LogP contribution in [0.2, 0.25) is 0 Å². The Balaban J connectivity index is 1.18. The molecular formula is C28H49FN6O2. The molecule has 1 amide bonds. The highest BCUT2D eigenvalue weighted by Gasteiger charge is 2.48. The van der Waals surface area contributed by atoms with Crippen LogP contribution in [-0.2, 0) is 9.53 Å². The molecule has 2 heterocycles. The molecule has 3 saturated carbocycles. The molecule has 3 aliphatic carbocycles. The van der Waals surface area contributed by atoms with E-state index in [2.05, 4.69) is 15.5 Å². The number of carbonyl (C=O) groups excluding carboxylic acids is 1. The minimum atomic E-state index is -0.656. The number of halogens is 1. The maximum Gasteiger partial charge on any atom is 0.237 e. The quantitative estimate of drug-likeness (QED) is 0.259. The Morgan fingerprint density at radius 1 is 1.00 bits per heavy atom. The summed E-state index contributed by atoms with van der Waals surface area (Å²) in [5.74, 6) is 1.57. The Morgan fingerprint density at radius 2 is 1.76 bits per heavy atom. The van der Waals surface area contributed by atoms with Gasteiger partial charge in [0.2, 0.25) is 5.91 Å². The van der Waals surface area contributed by atoms with Crippen LogP contribution >= 0.6 is 0 Å². The number of piperidine rings is 1. The van der Waals surface area contributed by atoms with Gasteiger partial charge in [-0.05, 0) is 102 Å². The number of likely N-dealkylation sites (tertiary alicyclic amines) is 1. The summed E-state index contributed by atoms with van der Waals surface area (Å²) in [6.07, 6.45) is 12.2. The molecule has 2 saturated heterocycles. The number of carbonyl (C=O) groups is 1. The highest BCUT2D eigenvalue weighted by atomic mass is 19.1. The summed E-state index contributed by atoms with van der Waals surface area (Å²) in [6, 6.07) is 0.737. The first kappa shape index (κ1) is 27.3. The number of nitrogens with zero attached hydrogens (tertiary/aromatic N) is 1. The maximum absolute atomic E-state index is 13.6. The normalized spacial score (nSPS) is 43.2. The third-order valence-electron chi connectivity index (χ3n) is 10.1. The lowest BCUT2D eigenvalue weighted by molar-refractivity contribution is -0.127. The summed E-state index contributed by atoms with van der Waals surface area (Å²) >= 11 is 0. The Labute approximate surface area is 221 Å². The van der Waals surface area contributed by atoms with Crippen LogP contribution in [0.4, 0.5) is 4.39 Å². The van der Waals surface area contributed by atoms with Crippen molar-refractivity contribution in [2.75, 3.05) is 13.1 Å². The summed E-state index contributed by atoms with van der Waals surface area (Å²) < 4.78 is 19.7. The standard InChI is InChI=1S/C28H49FN6O2/c29-20-4-10-23(11-5-20)37-26-12-1-17(15-33-26)16-35-24-14-19(27(31)32)3-2-18(24)13-25(35)28(36)34-22-8-6-21(30)7-9-22/h17-26,33H,1-16,30H2,(H3,31,32)(H,34,36). The van der Waals surface area contributed by atoms with Crippen LogP contribution in [0.5, 0.6) is 0 Å². The fourth-order valence-electron chi connectivity index (χ4n) is 7.76. The van der Waals surface area contributed by atoms with Crippen molar-refractivity contribution in [2.45, 2.75) is 133 Å². The van der Waals surface area contributed by atoms with Crippen molar-refractivity contribution in [2.24, 2.45) is 29.2 Å². The van der Waals surface area contributed by atoms with E-state index in [1.54, 1.807) is 0 Å². The van der Waals surface area contributed by atoms with Crippen LogP contribution in [0.1, 0.15) is 89.9 Å². The second-order valence-corrected chi connectivity index (χ2v) is 12.7. The summed E-state index contributed by atoms with van der Waals surface area (Å²) in [6.45, 7) is 1.77. The fourth-order valence-corrected chi connectivity index (χ4v) is 7.76. The van der Waals surface area contributed by atoms with Gasteiger partial charge < -0.3 is 21.5 Å². The molecule has 5 aliphatic rings. The van der Waals surface area contributed by atoms with E-state index in [9.17, 15) is 9.18 Å². The minimum Gasteiger partial charge on any atom is -0.387 e. The van der Waals surface area contributed by atoms with E-state index in [-0.39, 0.29) is 42.3 Å². The van der Waals surface area contributed by atoms with Crippen LogP contribution < -0.4 is 22.1 Å². The molecular weight excluding hydrogens is 471 g/mol. The number of hydrogen-bond acceptors (Lipinski definition) is 6. The van der Waals surface area contributed by atoms with E-state index in [1.807, 2.05) is 0 Å². The molecule has 9 heteroatoms. The molecule has 0 aromatic rings. The number of nitrogens with one attached hydrogen (secondary N) is 3. The first-order chi connectivity index (χ1) is 17.9. The lowest BCUT2D eigenvalue weighted by Crippen LogP contribution is -2.53. The summed E-state index contributed by atoms with van der Waals surface area (Å²) in [5.41, 5.74) is 12.0. The van der Waals surface area contributed by atoms with Gasteiger partial charge in [-0.1, -0.05) is 0 Å². The Morgan fingerprint density at radius 3 is 2.43 bits per heavy atom. The molecule has 8 nitrogen and oxygen atoms in total. The number of hydrogen-bond donors (Lipinski definition) is 5. The Bertz CT molecular complexity index is 777. The second-order valence-electron chi connectivity index (χ2n) is 12.7. The van der Waals surface area contributed by atoms with Crippen LogP contribution in [0.25, 0.3) is 0 Å². The highest BCUT2D eigenvalue weighted by molar-refractivity contribution is 5.83. The average Bonchev–Trinajstić information content (AvgIpc) is 3.25. The third-order valence-corrected chi connectivity index (χ3v) is 10.1. The van der Waals surface area contributed by atoms with Gasteiger partial charge in [-0.25, -0.2) is 4.39 Å². The van der Waals surface area contributed by atoms with Gasteiger partial charge in [0.05, 0.1) is 18.0 Å². The van der Waals surface area contributed by atoms with Crippen LogP contribution in [0.3, 0.4) is 0 Å². The van der Waals surface area contributed by atoms with Gasteiger partial charge in [-0.15, -0.1) is 0 Å². The summed E-state index contributed by atoms with van der Waals surface area (Å²) in [5, 5.41) is 15.0. The van der Waals surface area contributed by atoms with E-state index in [0.29, 0.717) is 36.6 Å². The van der Waals surface area contributed by atoms with Crippen molar-refractivity contribution in [1.82, 2.24) is 15.5 Å². The topological polar surface area (TPSA) is 129 Å². The largest absolute Gasteiger partial charge is 0.387 e. The first-order valence-electron chi connectivity index (χ1n) is 15.0. The molecule has 0 aromatic heterocycles. The third kappa shape index (κ3) is 6.84. The molecule has 0 bridgehead atoms. The Hall–Kier alpha value is -1.29. The molecule has 210 valence electrons. The minimum absolute atomic E-state index is 0.0530. The smallest absolute Gasteiger partial charge is 0.237 e. The van der Waals surface area contributed by atoms with Crippen LogP contribution in [-0.4, -0.2) is 72.4 Å². The van der Waals surface area contributed by atoms with Crippen molar-refractivity contribution in [1.29, 1.82) is 5.41 Å². The molecule has 0 radical (unpaired) electrons. The van der Waals surface area contributed by atoms with Crippen LogP contribution in [0, 0.1) is 23.2 Å². The molecule has 37 heavy (non-hydrogen) atoms. The number of amidine groups is 1. The predicted octanol–water partition coefficient (Wildman–Crippen LogP) is 2.79. The van der Waals surface area contributed by atoms with E-state index in [0.717, 1.165) is 90.1 Å². The molecule has 0 aromatic carbocycles. The monoisotopic (exact) mass is 520 g/mol. The van der Waals surface area contributed by atoms with Crippen molar-refractivity contribution < 1.29 is 13.9 Å². The average molecular weight is 521 g/mol. The molecule has 2 aliphatic heterocycles. The van der Waals surface area contributed by atoms with Gasteiger partial charge in [0.25, 0.3) is 0 Å². The van der Waals surface area contributed by atoms with E-state index in [1.165, 1.54) is 0 Å². The van der Waals surface area contributed by atoms with Crippen molar-refractivity contribution in [3.05, 3.63) is 0 Å². The number of ether oxygens (including phenoxy) is 1. The number of nitrogens with two attached hydrogens (primary N) is 2. The van der Waals surface area contributed by atoms with E-state index >= 15 is 0 Å². The SMILES string of the molecule is N=C(N)C1CCC2CC(C(=O)NC3CCC(N)CC3)N(CC3CCC(OC4CCC(F)CC4)NC3)C2C1. The van der Waals surface area contributed by atoms with E-state index in [4.69, 9.17) is 21.6 Å². The fraction of sp³-hybridized carbons (Fsp3) is 0.929. The summed E-state index contributed by atoms with van der Waals surface area (Å²) in [7, 11) is 0. The van der Waals surface area contributed by atoms with Gasteiger partial charge >= 0.3 is 0 Å². The first-order valence-corrected chi connectivity index (χ1v) is 15.0. The molecule has 6 atom stereocenters. The lowest BCUT2D eigenvalue weighted by atomic mass is 9.78. The van der Waals surface area contributed by atoms with Crippen molar-refractivity contribution in [3.63, 3.8) is 0 Å². The van der Waals surface area contributed by atoms with Gasteiger partial charge in [0.1, 0.15) is 12.4 Å². The van der Waals surface area contributed by atoms with E-state index < -0.39 is 6.17 Å². The maximum atomic E-state index is 13.6. The number of amides is 1. The number of rotatable bonds is 7. The molecule has 6 unspecified atom stereocenters. The van der Waals surface area contributed by atoms with Gasteiger partial charge in [-0.3, -0.25) is 20.4 Å². The number of alkyl halides is 1. The zero-order valence-electron chi connectivity index (χ0n) is 22.4. The van der Waals surface area contributed by atoms with Crippen molar-refractivity contribution >= 4 is 11.7 Å². The zero-order chi connectivity index (χ0) is 25.9. The molecule has 5 rings (SSSR count). The van der Waals surface area contributed by atoms with Gasteiger partial charge in [0, 0.05) is 37.1 Å². The van der Waals surface area contributed by atoms with Crippen LogP contribution in [0.15, 0.2) is 0 Å². The van der Waals surface area contributed by atoms with Crippen molar-refractivity contribution in [3.8, 4) is 0 Å². The molecule has 7 N–H and O–H groups in total. The zero-order valence-corrected chi connectivity index (χ0v) is 22.4. The Kier molecular flexibility index (Phi) is 9.04. The molecule has 0 spiro atoms. The lowest BCUT2D eigenvalue weighted by Gasteiger charge is -2.40. The second kappa shape index (κ2) is 12.3. The van der Waals surface area contributed by atoms with Gasteiger partial charge in [0.15, 0.2) is 0 Å². The predicted molar refractivity (Wildman–Crippen MR) is 143 cm³/mol. The summed E-state index contributed by atoms with van der Waals surface area (Å²) in [4.78, 5) is 16.1.